The molecule has 110 valence electrons. The Balaban J connectivity index is 2.06. The molecule has 0 N–H and O–H groups in total. The Morgan fingerprint density at radius 3 is 2.09 bits per heavy atom. The summed E-state index contributed by atoms with van der Waals surface area (Å²) in [5.74, 6) is -0.00354. The number of nitrogens with zero attached hydrogens (tertiary/aromatic N) is 2. The minimum absolute atomic E-state index is 0.00354. The van der Waals surface area contributed by atoms with Crippen LogP contribution in [0.15, 0.2) is 60.7 Å². The average molecular weight is 290 g/mol. The number of carbonyl (C=O) groups is 1. The highest BCUT2D eigenvalue weighted by atomic mass is 16.2. The molecule has 1 heterocycles. The molecule has 0 aliphatic carbocycles. The molecule has 1 aliphatic rings. The van der Waals surface area contributed by atoms with E-state index in [9.17, 15) is 10.1 Å². The highest BCUT2D eigenvalue weighted by Gasteiger charge is 2.67. The van der Waals surface area contributed by atoms with E-state index in [4.69, 9.17) is 0 Å². The first-order valence-electron chi connectivity index (χ1n) is 7.38. The van der Waals surface area contributed by atoms with E-state index in [0.717, 1.165) is 11.3 Å². The number of hydrogen-bond acceptors (Lipinski definition) is 2. The summed E-state index contributed by atoms with van der Waals surface area (Å²) in [5.41, 5.74) is 0.287. The zero-order valence-corrected chi connectivity index (χ0v) is 12.8. The molecule has 3 nitrogen and oxygen atoms in total. The Morgan fingerprint density at radius 1 is 1.00 bits per heavy atom. The summed E-state index contributed by atoms with van der Waals surface area (Å²) in [6.07, 6.45) is 0.526. The summed E-state index contributed by atoms with van der Waals surface area (Å²) >= 11 is 0. The van der Waals surface area contributed by atoms with Gasteiger partial charge in [-0.05, 0) is 31.5 Å². The Kier molecular flexibility index (Phi) is 3.26. The number of anilines is 1. The predicted octanol–water partition coefficient (Wildman–Crippen LogP) is 3.56. The number of carbonyl (C=O) groups excluding carboxylic acids is 1. The van der Waals surface area contributed by atoms with Crippen molar-refractivity contribution in [3.05, 3.63) is 66.2 Å². The number of β-lactam (4-membered cyclic amide) rings is 1. The lowest BCUT2D eigenvalue weighted by Crippen LogP contribution is -2.76. The van der Waals surface area contributed by atoms with Crippen molar-refractivity contribution in [3.63, 3.8) is 0 Å². The van der Waals surface area contributed by atoms with E-state index in [1.807, 2.05) is 74.5 Å². The molecular weight excluding hydrogens is 272 g/mol. The van der Waals surface area contributed by atoms with Crippen molar-refractivity contribution < 1.29 is 4.79 Å². The van der Waals surface area contributed by atoms with Crippen molar-refractivity contribution in [1.82, 2.24) is 0 Å². The van der Waals surface area contributed by atoms with Gasteiger partial charge >= 0.3 is 0 Å². The second-order valence-corrected chi connectivity index (χ2v) is 6.24. The van der Waals surface area contributed by atoms with Gasteiger partial charge in [-0.25, -0.2) is 0 Å². The molecule has 3 rings (SSSR count). The van der Waals surface area contributed by atoms with E-state index in [-0.39, 0.29) is 5.91 Å². The molecule has 0 radical (unpaired) electrons. The first-order valence-corrected chi connectivity index (χ1v) is 7.38. The quantitative estimate of drug-likeness (QED) is 0.811. The van der Waals surface area contributed by atoms with Crippen molar-refractivity contribution >= 4 is 11.6 Å². The van der Waals surface area contributed by atoms with Gasteiger partial charge in [-0.3, -0.25) is 9.69 Å². The lowest BCUT2D eigenvalue weighted by molar-refractivity contribution is -0.140. The summed E-state index contributed by atoms with van der Waals surface area (Å²) in [6.45, 7) is 3.72. The third-order valence-electron chi connectivity index (χ3n) is 4.66. The highest BCUT2D eigenvalue weighted by molar-refractivity contribution is 6.08. The molecule has 1 saturated heterocycles. The topological polar surface area (TPSA) is 44.1 Å². The van der Waals surface area contributed by atoms with Crippen LogP contribution in [-0.4, -0.2) is 11.4 Å². The van der Waals surface area contributed by atoms with Gasteiger partial charge in [0.1, 0.15) is 0 Å². The molecule has 0 aromatic heterocycles. The second-order valence-electron chi connectivity index (χ2n) is 6.24. The standard InChI is InChI=1S/C19H18N2O/c1-18(2)17(22)21(16-11-7-4-8-12-16)19(18,14-20)13-15-9-5-3-6-10-15/h3-12H,13H2,1-2H3. The van der Waals surface area contributed by atoms with Crippen LogP contribution in [0.4, 0.5) is 5.69 Å². The summed E-state index contributed by atoms with van der Waals surface area (Å²) in [5, 5.41) is 9.94. The van der Waals surface area contributed by atoms with Crippen LogP contribution in [0.5, 0.6) is 0 Å². The molecule has 3 heteroatoms. The maximum absolute atomic E-state index is 12.6. The Bertz CT molecular complexity index is 731. The molecule has 1 unspecified atom stereocenters. The first kappa shape index (κ1) is 14.3. The van der Waals surface area contributed by atoms with Crippen molar-refractivity contribution in [3.8, 4) is 6.07 Å². The van der Waals surface area contributed by atoms with Gasteiger partial charge in [0, 0.05) is 12.1 Å². The minimum atomic E-state index is -0.854. The molecule has 0 spiro atoms. The fourth-order valence-corrected chi connectivity index (χ4v) is 3.19. The van der Waals surface area contributed by atoms with Crippen LogP contribution in [0.3, 0.4) is 0 Å². The molecule has 1 amide bonds. The lowest BCUT2D eigenvalue weighted by Gasteiger charge is -2.58. The summed E-state index contributed by atoms with van der Waals surface area (Å²) in [4.78, 5) is 14.3. The molecule has 22 heavy (non-hydrogen) atoms. The third kappa shape index (κ3) is 1.84. The van der Waals surface area contributed by atoms with E-state index in [1.54, 1.807) is 4.90 Å². The second kappa shape index (κ2) is 4.99. The first-order chi connectivity index (χ1) is 10.5. The number of nitriles is 1. The molecule has 1 atom stereocenters. The van der Waals surface area contributed by atoms with Crippen LogP contribution in [0.1, 0.15) is 19.4 Å². The van der Waals surface area contributed by atoms with Crippen LogP contribution in [0.25, 0.3) is 0 Å². The predicted molar refractivity (Wildman–Crippen MR) is 86.2 cm³/mol. The van der Waals surface area contributed by atoms with Crippen molar-refractivity contribution in [2.45, 2.75) is 25.8 Å². The Labute approximate surface area is 130 Å². The lowest BCUT2D eigenvalue weighted by atomic mass is 9.60. The summed E-state index contributed by atoms with van der Waals surface area (Å²) in [6, 6.07) is 21.8. The van der Waals surface area contributed by atoms with E-state index < -0.39 is 11.0 Å². The van der Waals surface area contributed by atoms with Crippen molar-refractivity contribution in [1.29, 1.82) is 5.26 Å². The zero-order chi connectivity index (χ0) is 15.8. The van der Waals surface area contributed by atoms with Crippen LogP contribution in [0, 0.1) is 16.7 Å². The van der Waals surface area contributed by atoms with Crippen LogP contribution >= 0.6 is 0 Å². The Hall–Kier alpha value is -2.60. The van der Waals surface area contributed by atoms with Gasteiger partial charge in [0.25, 0.3) is 0 Å². The van der Waals surface area contributed by atoms with Gasteiger partial charge in [0.05, 0.1) is 11.5 Å². The maximum Gasteiger partial charge on any atom is 0.237 e. The van der Waals surface area contributed by atoms with Gasteiger partial charge in [-0.2, -0.15) is 5.26 Å². The number of rotatable bonds is 3. The number of para-hydroxylation sites is 1. The highest BCUT2D eigenvalue weighted by Crippen LogP contribution is 2.51. The molecule has 0 saturated carbocycles. The van der Waals surface area contributed by atoms with Gasteiger partial charge < -0.3 is 0 Å². The molecule has 1 fully saturated rings. The third-order valence-corrected chi connectivity index (χ3v) is 4.66. The van der Waals surface area contributed by atoms with Crippen LogP contribution in [0.2, 0.25) is 0 Å². The molecule has 1 aliphatic heterocycles. The van der Waals surface area contributed by atoms with Crippen molar-refractivity contribution in [2.24, 2.45) is 5.41 Å². The normalized spacial score (nSPS) is 22.8. The zero-order valence-electron chi connectivity index (χ0n) is 12.8. The van der Waals surface area contributed by atoms with Crippen LogP contribution < -0.4 is 4.90 Å². The fraction of sp³-hybridized carbons (Fsp3) is 0.263. The number of benzene rings is 2. The van der Waals surface area contributed by atoms with E-state index in [0.29, 0.717) is 6.42 Å². The minimum Gasteiger partial charge on any atom is -0.291 e. The van der Waals surface area contributed by atoms with E-state index >= 15 is 0 Å². The van der Waals surface area contributed by atoms with Crippen molar-refractivity contribution in [2.75, 3.05) is 4.90 Å². The monoisotopic (exact) mass is 290 g/mol. The summed E-state index contributed by atoms with van der Waals surface area (Å²) in [7, 11) is 0. The maximum atomic E-state index is 12.6. The van der Waals surface area contributed by atoms with Gasteiger partial charge in [0.2, 0.25) is 5.91 Å². The van der Waals surface area contributed by atoms with Gasteiger partial charge in [-0.15, -0.1) is 0 Å². The van der Waals surface area contributed by atoms with Gasteiger partial charge in [0.15, 0.2) is 5.54 Å². The van der Waals surface area contributed by atoms with Crippen LogP contribution in [-0.2, 0) is 11.2 Å². The largest absolute Gasteiger partial charge is 0.291 e. The smallest absolute Gasteiger partial charge is 0.237 e. The number of hydrogen-bond donors (Lipinski definition) is 0. The fourth-order valence-electron chi connectivity index (χ4n) is 3.19. The number of amides is 1. The average Bonchev–Trinajstić information content (AvgIpc) is 2.55. The molecule has 2 aromatic rings. The Morgan fingerprint density at radius 2 is 1.55 bits per heavy atom. The SMILES string of the molecule is CC1(C)C(=O)N(c2ccccc2)C1(C#N)Cc1ccccc1. The van der Waals surface area contributed by atoms with E-state index in [1.165, 1.54) is 0 Å². The molecular formula is C19H18N2O. The summed E-state index contributed by atoms with van der Waals surface area (Å²) < 4.78 is 0. The molecule has 2 aromatic carbocycles. The van der Waals surface area contributed by atoms with E-state index in [2.05, 4.69) is 6.07 Å². The van der Waals surface area contributed by atoms with Gasteiger partial charge in [-0.1, -0.05) is 48.5 Å². The molecule has 0 bridgehead atoms.